The van der Waals surface area contributed by atoms with Gasteiger partial charge in [-0.2, -0.15) is 0 Å². The summed E-state index contributed by atoms with van der Waals surface area (Å²) in [4.78, 5) is 5.13. The zero-order chi connectivity index (χ0) is 54.3. The van der Waals surface area contributed by atoms with E-state index in [0.717, 1.165) is 72.9 Å². The third kappa shape index (κ3) is 6.89. The van der Waals surface area contributed by atoms with Crippen molar-refractivity contribution in [3.05, 3.63) is 291 Å². The Kier molecular flexibility index (Phi) is 9.86. The molecule has 0 saturated heterocycles. The van der Waals surface area contributed by atoms with Gasteiger partial charge in [0.05, 0.1) is 11.0 Å². The summed E-state index contributed by atoms with van der Waals surface area (Å²) in [6.45, 7) is -0.144. The van der Waals surface area contributed by atoms with Crippen LogP contribution >= 0.6 is 0 Å². The lowest BCUT2D eigenvalue weighted by Crippen LogP contribution is -2.61. The molecule has 0 spiro atoms. The van der Waals surface area contributed by atoms with Crippen LogP contribution < -0.4 is 26.2 Å². The van der Waals surface area contributed by atoms with Gasteiger partial charge in [0, 0.05) is 61.4 Å². The number of furan rings is 1. The van der Waals surface area contributed by atoms with Crippen LogP contribution in [-0.4, -0.2) is 11.3 Å². The van der Waals surface area contributed by atoms with E-state index in [2.05, 4.69) is 306 Å². The standard InChI is InChI=1S/C78H48BN3O/c1-3-17-49(18-4-1)51-31-35-55(36-32-51)80-72-42-34-52(50-19-5-2-6-20-50)43-69(72)79-68-41-38-57(81-70-28-14-11-25-63(70)64-26-12-15-29-71(64)81)48-73(68)82(56-37-40-62-60-23-8-7-21-58(60)59-22-9-10-24-61(59)67(62)47-56)75-45-54(44-74(80)78(75)79)53-33-39-66-65-27-13-16-30-76(65)83-77(66)46-53/h1-48H. The molecule has 14 aromatic carbocycles. The van der Waals surface area contributed by atoms with Crippen molar-refractivity contribution in [2.75, 3.05) is 9.80 Å². The zero-order valence-electron chi connectivity index (χ0n) is 45.0. The first-order chi connectivity index (χ1) is 41.2. The van der Waals surface area contributed by atoms with Crippen LogP contribution in [0.3, 0.4) is 0 Å². The molecule has 2 aliphatic heterocycles. The summed E-state index contributed by atoms with van der Waals surface area (Å²) >= 11 is 0. The largest absolute Gasteiger partial charge is 0.456 e. The number of anilines is 6. The first-order valence-electron chi connectivity index (χ1n) is 28.7. The highest BCUT2D eigenvalue weighted by molar-refractivity contribution is 7.00. The predicted octanol–water partition coefficient (Wildman–Crippen LogP) is 19.2. The molecular formula is C78H48BN3O. The SMILES string of the molecule is c1ccc(-c2ccc(N3c4ccc(-c5ccccc5)cc4B4c5ccc(-n6c7ccccc7c7ccccc76)cc5N(c5ccc6c7ccccc7c7ccccc7c6c5)c5cc(-c6ccc7c(c6)oc6ccccc67)cc3c54)cc2)cc1. The Bertz CT molecular complexity index is 5260. The zero-order valence-corrected chi connectivity index (χ0v) is 45.0. The van der Waals surface area contributed by atoms with E-state index in [9.17, 15) is 0 Å². The molecular weight excluding hydrogens is 1010 g/mol. The molecule has 0 saturated carbocycles. The molecule has 0 atom stereocenters. The van der Waals surface area contributed by atoms with Crippen LogP contribution in [-0.2, 0) is 0 Å². The number of benzene rings is 14. The maximum atomic E-state index is 6.67. The molecule has 0 unspecified atom stereocenters. The second kappa shape index (κ2) is 17.8. The fourth-order valence-electron chi connectivity index (χ4n) is 14.2. The van der Waals surface area contributed by atoms with Gasteiger partial charge in [-0.25, -0.2) is 0 Å². The highest BCUT2D eigenvalue weighted by Gasteiger charge is 2.44. The molecule has 384 valence electrons. The number of para-hydroxylation sites is 3. The van der Waals surface area contributed by atoms with Crippen molar-refractivity contribution in [2.45, 2.75) is 0 Å². The van der Waals surface area contributed by atoms with Gasteiger partial charge in [-0.05, 0) is 167 Å². The maximum Gasteiger partial charge on any atom is 0.252 e. The van der Waals surface area contributed by atoms with E-state index in [1.54, 1.807) is 0 Å². The summed E-state index contributed by atoms with van der Waals surface area (Å²) in [5.41, 5.74) is 22.6. The molecule has 5 heteroatoms. The van der Waals surface area contributed by atoms with Crippen LogP contribution in [0.2, 0.25) is 0 Å². The van der Waals surface area contributed by atoms with Crippen molar-refractivity contribution in [2.24, 2.45) is 0 Å². The lowest BCUT2D eigenvalue weighted by molar-refractivity contribution is 0.669. The lowest BCUT2D eigenvalue weighted by atomic mass is 9.33. The third-order valence-corrected chi connectivity index (χ3v) is 17.9. The summed E-state index contributed by atoms with van der Waals surface area (Å²) in [6.07, 6.45) is 0. The Labute approximate surface area is 479 Å². The van der Waals surface area contributed by atoms with E-state index < -0.39 is 0 Å². The molecule has 0 N–H and O–H groups in total. The monoisotopic (exact) mass is 1050 g/mol. The third-order valence-electron chi connectivity index (χ3n) is 17.9. The van der Waals surface area contributed by atoms with Crippen molar-refractivity contribution < 1.29 is 4.42 Å². The van der Waals surface area contributed by atoms with Crippen molar-refractivity contribution in [1.29, 1.82) is 0 Å². The molecule has 2 aromatic heterocycles. The second-order valence-electron chi connectivity index (χ2n) is 22.3. The number of hydrogen-bond acceptors (Lipinski definition) is 3. The first kappa shape index (κ1) is 45.9. The lowest BCUT2D eigenvalue weighted by Gasteiger charge is -2.44. The highest BCUT2D eigenvalue weighted by atomic mass is 16.3. The van der Waals surface area contributed by atoms with Gasteiger partial charge in [0.2, 0.25) is 0 Å². The van der Waals surface area contributed by atoms with Crippen LogP contribution in [0.5, 0.6) is 0 Å². The van der Waals surface area contributed by atoms with Crippen molar-refractivity contribution >= 4 is 133 Å². The number of fused-ring (bicyclic) bond motifs is 16. The Hall–Kier alpha value is -10.9. The Morgan fingerprint density at radius 1 is 0.241 bits per heavy atom. The number of rotatable bonds is 6. The second-order valence-corrected chi connectivity index (χ2v) is 22.3. The van der Waals surface area contributed by atoms with Crippen LogP contribution in [0.4, 0.5) is 34.1 Å². The van der Waals surface area contributed by atoms with Gasteiger partial charge in [0.15, 0.2) is 0 Å². The Morgan fingerprint density at radius 2 is 0.711 bits per heavy atom. The molecule has 0 fully saturated rings. The first-order valence-corrected chi connectivity index (χ1v) is 28.7. The van der Waals surface area contributed by atoms with E-state index >= 15 is 0 Å². The summed E-state index contributed by atoms with van der Waals surface area (Å²) in [7, 11) is 0. The fourth-order valence-corrected chi connectivity index (χ4v) is 14.2. The van der Waals surface area contributed by atoms with Crippen LogP contribution in [0.25, 0.3) is 115 Å². The Balaban J connectivity index is 0.965. The van der Waals surface area contributed by atoms with E-state index in [4.69, 9.17) is 4.42 Å². The molecule has 83 heavy (non-hydrogen) atoms. The molecule has 0 aliphatic carbocycles. The summed E-state index contributed by atoms with van der Waals surface area (Å²) in [5.74, 6) is 0. The summed E-state index contributed by atoms with van der Waals surface area (Å²) in [5, 5.41) is 12.2. The van der Waals surface area contributed by atoms with E-state index in [-0.39, 0.29) is 6.71 Å². The highest BCUT2D eigenvalue weighted by Crippen LogP contribution is 2.49. The van der Waals surface area contributed by atoms with E-state index in [0.29, 0.717) is 0 Å². The van der Waals surface area contributed by atoms with Gasteiger partial charge in [0.25, 0.3) is 6.71 Å². The van der Waals surface area contributed by atoms with Crippen molar-refractivity contribution in [3.8, 4) is 39.1 Å². The minimum Gasteiger partial charge on any atom is -0.456 e. The van der Waals surface area contributed by atoms with Gasteiger partial charge in [-0.15, -0.1) is 0 Å². The maximum absolute atomic E-state index is 6.67. The number of aromatic nitrogens is 1. The van der Waals surface area contributed by atoms with E-state index in [1.165, 1.54) is 92.8 Å². The van der Waals surface area contributed by atoms with Gasteiger partial charge in [-0.1, -0.05) is 206 Å². The van der Waals surface area contributed by atoms with Crippen molar-refractivity contribution in [3.63, 3.8) is 0 Å². The van der Waals surface area contributed by atoms with Crippen LogP contribution in [0, 0.1) is 0 Å². The molecule has 0 radical (unpaired) electrons. The van der Waals surface area contributed by atoms with Gasteiger partial charge >= 0.3 is 0 Å². The quantitative estimate of drug-likeness (QED) is 0.123. The molecule has 2 aliphatic rings. The molecule has 0 bridgehead atoms. The fraction of sp³-hybridized carbons (Fsp3) is 0. The van der Waals surface area contributed by atoms with Gasteiger partial charge in [0.1, 0.15) is 11.2 Å². The minimum absolute atomic E-state index is 0.144. The number of nitrogens with zero attached hydrogens (tertiary/aromatic N) is 3. The topological polar surface area (TPSA) is 24.6 Å². The molecule has 16 aromatic rings. The summed E-state index contributed by atoms with van der Waals surface area (Å²) < 4.78 is 9.14. The normalized spacial score (nSPS) is 12.7. The molecule has 4 nitrogen and oxygen atoms in total. The van der Waals surface area contributed by atoms with Crippen molar-refractivity contribution in [1.82, 2.24) is 4.57 Å². The smallest absolute Gasteiger partial charge is 0.252 e. The number of hydrogen-bond donors (Lipinski definition) is 0. The van der Waals surface area contributed by atoms with Crippen LogP contribution in [0.15, 0.2) is 296 Å². The van der Waals surface area contributed by atoms with Crippen LogP contribution in [0.1, 0.15) is 0 Å². The predicted molar refractivity (Wildman–Crippen MR) is 351 cm³/mol. The minimum atomic E-state index is -0.144. The van der Waals surface area contributed by atoms with Gasteiger partial charge in [-0.3, -0.25) is 0 Å². The van der Waals surface area contributed by atoms with Gasteiger partial charge < -0.3 is 18.8 Å². The molecule has 18 rings (SSSR count). The average molecular weight is 1050 g/mol. The molecule has 0 amide bonds. The summed E-state index contributed by atoms with van der Waals surface area (Å²) in [6, 6.07) is 108. The average Bonchev–Trinajstić information content (AvgIpc) is 2.62. The van der Waals surface area contributed by atoms with E-state index in [1.807, 2.05) is 0 Å². The molecule has 4 heterocycles. The Morgan fingerprint density at radius 3 is 1.39 bits per heavy atom.